The van der Waals surface area contributed by atoms with Gasteiger partial charge in [0.15, 0.2) is 0 Å². The number of amides is 1. The molecule has 1 aliphatic rings. The third kappa shape index (κ3) is 3.57. The molecule has 1 N–H and O–H groups in total. The summed E-state index contributed by atoms with van der Waals surface area (Å²) >= 11 is 1.82. The van der Waals surface area contributed by atoms with Crippen molar-refractivity contribution < 1.29 is 9.53 Å². The molecule has 0 radical (unpaired) electrons. The van der Waals surface area contributed by atoms with Crippen LogP contribution in [0.25, 0.3) is 0 Å². The summed E-state index contributed by atoms with van der Waals surface area (Å²) in [4.78, 5) is 16.0. The molecule has 0 fully saturated rings. The number of carbonyl (C=O) groups is 1. The maximum atomic E-state index is 12.3. The third-order valence-electron chi connectivity index (χ3n) is 4.42. The molecule has 3 rings (SSSR count). The van der Waals surface area contributed by atoms with Crippen molar-refractivity contribution in [1.82, 2.24) is 10.2 Å². The van der Waals surface area contributed by atoms with E-state index in [9.17, 15) is 4.79 Å². The maximum Gasteiger partial charge on any atom is 0.234 e. The smallest absolute Gasteiger partial charge is 0.234 e. The largest absolute Gasteiger partial charge is 0.496 e. The van der Waals surface area contributed by atoms with E-state index in [0.717, 1.165) is 24.3 Å². The standard InChI is InChI=1S/C18H22N2O2S/c1-13-15-8-10-23-17(15)7-9-20(13)12-18(21)19-11-14-5-3-4-6-16(14)22-2/h3-6,8,10,13H,7,9,11-12H2,1-2H3,(H,19,21)/t13-/m1/s1. The van der Waals surface area contributed by atoms with Gasteiger partial charge in [0, 0.05) is 29.6 Å². The molecule has 0 bridgehead atoms. The van der Waals surface area contributed by atoms with Crippen molar-refractivity contribution >= 4 is 17.2 Å². The van der Waals surface area contributed by atoms with Crippen LogP contribution >= 0.6 is 11.3 Å². The van der Waals surface area contributed by atoms with Crippen LogP contribution in [0.1, 0.15) is 29.0 Å². The lowest BCUT2D eigenvalue weighted by molar-refractivity contribution is -0.123. The Kier molecular flexibility index (Phi) is 4.98. The van der Waals surface area contributed by atoms with Gasteiger partial charge in [0.05, 0.1) is 13.7 Å². The minimum Gasteiger partial charge on any atom is -0.496 e. The Morgan fingerprint density at radius 2 is 2.22 bits per heavy atom. The van der Waals surface area contributed by atoms with E-state index in [-0.39, 0.29) is 5.91 Å². The predicted octanol–water partition coefficient (Wildman–Crippen LogP) is 2.99. The number of methoxy groups -OCH3 is 1. The van der Waals surface area contributed by atoms with Crippen LogP contribution in [0.2, 0.25) is 0 Å². The first-order chi connectivity index (χ1) is 11.2. The van der Waals surface area contributed by atoms with Crippen LogP contribution in [0.3, 0.4) is 0 Å². The molecule has 1 aliphatic heterocycles. The molecule has 4 nitrogen and oxygen atoms in total. The predicted molar refractivity (Wildman–Crippen MR) is 92.9 cm³/mol. The van der Waals surface area contributed by atoms with Gasteiger partial charge >= 0.3 is 0 Å². The first kappa shape index (κ1) is 16.0. The Morgan fingerprint density at radius 1 is 1.39 bits per heavy atom. The lowest BCUT2D eigenvalue weighted by atomic mass is 10.0. The Labute approximate surface area is 141 Å². The van der Waals surface area contributed by atoms with Gasteiger partial charge in [-0.2, -0.15) is 0 Å². The number of nitrogens with zero attached hydrogens (tertiary/aromatic N) is 1. The van der Waals surface area contributed by atoms with Crippen LogP contribution in [0.5, 0.6) is 5.75 Å². The summed E-state index contributed by atoms with van der Waals surface area (Å²) in [5, 5.41) is 5.15. The molecule has 23 heavy (non-hydrogen) atoms. The molecule has 0 saturated carbocycles. The summed E-state index contributed by atoms with van der Waals surface area (Å²) in [6.07, 6.45) is 1.04. The number of ether oxygens (including phenoxy) is 1. The molecule has 0 saturated heterocycles. The second kappa shape index (κ2) is 7.15. The molecule has 2 aromatic rings. The molecule has 0 unspecified atom stereocenters. The monoisotopic (exact) mass is 330 g/mol. The van der Waals surface area contributed by atoms with E-state index in [4.69, 9.17) is 4.74 Å². The maximum absolute atomic E-state index is 12.3. The third-order valence-corrected chi connectivity index (χ3v) is 5.42. The van der Waals surface area contributed by atoms with Gasteiger partial charge in [-0.05, 0) is 36.4 Å². The van der Waals surface area contributed by atoms with E-state index in [1.54, 1.807) is 7.11 Å². The van der Waals surface area contributed by atoms with Gasteiger partial charge in [-0.25, -0.2) is 0 Å². The molecule has 1 aromatic heterocycles. The summed E-state index contributed by atoms with van der Waals surface area (Å²) in [7, 11) is 1.65. The number of carbonyl (C=O) groups excluding carboxylic acids is 1. The van der Waals surface area contributed by atoms with Crippen molar-refractivity contribution in [3.63, 3.8) is 0 Å². The van der Waals surface area contributed by atoms with E-state index in [0.29, 0.717) is 19.1 Å². The zero-order chi connectivity index (χ0) is 16.2. The number of rotatable bonds is 5. The first-order valence-corrected chi connectivity index (χ1v) is 8.76. The molecule has 1 amide bonds. The molecule has 5 heteroatoms. The number of fused-ring (bicyclic) bond motifs is 1. The highest BCUT2D eigenvalue weighted by Gasteiger charge is 2.25. The summed E-state index contributed by atoms with van der Waals surface area (Å²) in [6, 6.07) is 10.3. The topological polar surface area (TPSA) is 41.6 Å². The molecule has 1 aromatic carbocycles. The normalized spacial score (nSPS) is 17.6. The average molecular weight is 330 g/mol. The van der Waals surface area contributed by atoms with Crippen molar-refractivity contribution in [2.45, 2.75) is 25.9 Å². The Balaban J connectivity index is 1.56. The summed E-state index contributed by atoms with van der Waals surface area (Å²) in [5.74, 6) is 0.864. The molecule has 122 valence electrons. The van der Waals surface area contributed by atoms with Crippen molar-refractivity contribution in [3.8, 4) is 5.75 Å². The van der Waals surface area contributed by atoms with Gasteiger partial charge in [0.2, 0.25) is 5.91 Å². The lowest BCUT2D eigenvalue weighted by Gasteiger charge is -2.32. The zero-order valence-corrected chi connectivity index (χ0v) is 14.4. The van der Waals surface area contributed by atoms with Gasteiger partial charge in [0.25, 0.3) is 0 Å². The number of hydrogen-bond acceptors (Lipinski definition) is 4. The van der Waals surface area contributed by atoms with E-state index >= 15 is 0 Å². The molecule has 0 spiro atoms. The highest BCUT2D eigenvalue weighted by Crippen LogP contribution is 2.32. The van der Waals surface area contributed by atoms with Gasteiger partial charge in [0.1, 0.15) is 5.75 Å². The highest BCUT2D eigenvalue weighted by molar-refractivity contribution is 7.10. The summed E-state index contributed by atoms with van der Waals surface area (Å²) in [5.41, 5.74) is 2.37. The second-order valence-electron chi connectivity index (χ2n) is 5.78. The van der Waals surface area contributed by atoms with E-state index < -0.39 is 0 Å². The van der Waals surface area contributed by atoms with Crippen molar-refractivity contribution in [3.05, 3.63) is 51.7 Å². The molecule has 0 aliphatic carbocycles. The fourth-order valence-corrected chi connectivity index (χ4v) is 4.02. The Morgan fingerprint density at radius 3 is 3.04 bits per heavy atom. The van der Waals surface area contributed by atoms with Gasteiger partial charge in [-0.3, -0.25) is 9.69 Å². The number of nitrogens with one attached hydrogen (secondary N) is 1. The van der Waals surface area contributed by atoms with Gasteiger partial charge < -0.3 is 10.1 Å². The SMILES string of the molecule is COc1ccccc1CNC(=O)CN1CCc2sccc2[C@H]1C. The summed E-state index contributed by atoms with van der Waals surface area (Å²) < 4.78 is 5.31. The van der Waals surface area contributed by atoms with Crippen LogP contribution < -0.4 is 10.1 Å². The molecule has 1 atom stereocenters. The van der Waals surface area contributed by atoms with E-state index in [2.05, 4.69) is 28.6 Å². The van der Waals surface area contributed by atoms with Gasteiger partial charge in [-0.15, -0.1) is 11.3 Å². The molecular weight excluding hydrogens is 308 g/mol. The van der Waals surface area contributed by atoms with Crippen molar-refractivity contribution in [2.75, 3.05) is 20.2 Å². The van der Waals surface area contributed by atoms with Crippen LogP contribution in [0.4, 0.5) is 0 Å². The first-order valence-electron chi connectivity index (χ1n) is 7.88. The molecular formula is C18H22N2O2S. The highest BCUT2D eigenvalue weighted by atomic mass is 32.1. The van der Waals surface area contributed by atoms with E-state index in [1.165, 1.54) is 10.4 Å². The lowest BCUT2D eigenvalue weighted by Crippen LogP contribution is -2.41. The second-order valence-corrected chi connectivity index (χ2v) is 6.78. The fraction of sp³-hybridized carbons (Fsp3) is 0.389. The number of hydrogen-bond donors (Lipinski definition) is 1. The van der Waals surface area contributed by atoms with Crippen LogP contribution in [-0.4, -0.2) is 31.0 Å². The average Bonchev–Trinajstić information content (AvgIpc) is 3.05. The zero-order valence-electron chi connectivity index (χ0n) is 13.5. The quantitative estimate of drug-likeness (QED) is 0.916. The number of thiophene rings is 1. The minimum atomic E-state index is 0.0569. The van der Waals surface area contributed by atoms with Crippen LogP contribution in [0.15, 0.2) is 35.7 Å². The van der Waals surface area contributed by atoms with Crippen LogP contribution in [-0.2, 0) is 17.8 Å². The fourth-order valence-electron chi connectivity index (χ4n) is 3.06. The summed E-state index contributed by atoms with van der Waals surface area (Å²) in [6.45, 7) is 4.05. The van der Waals surface area contributed by atoms with Gasteiger partial charge in [-0.1, -0.05) is 18.2 Å². The van der Waals surface area contributed by atoms with E-state index in [1.807, 2.05) is 35.6 Å². The minimum absolute atomic E-state index is 0.0569. The van der Waals surface area contributed by atoms with Crippen molar-refractivity contribution in [1.29, 1.82) is 0 Å². The number of benzene rings is 1. The van der Waals surface area contributed by atoms with Crippen LogP contribution in [0, 0.1) is 0 Å². The Bertz CT molecular complexity index is 683. The van der Waals surface area contributed by atoms with Crippen molar-refractivity contribution in [2.24, 2.45) is 0 Å². The molecule has 2 heterocycles. The Hall–Kier alpha value is -1.85. The number of para-hydroxylation sites is 1.